The highest BCUT2D eigenvalue weighted by Crippen LogP contribution is 2.16. The molecule has 1 heterocycles. The van der Waals surface area contributed by atoms with E-state index in [9.17, 15) is 9.59 Å². The summed E-state index contributed by atoms with van der Waals surface area (Å²) in [5, 5.41) is 10.4. The molecule has 3 aromatic rings. The molecule has 0 spiro atoms. The Labute approximate surface area is 165 Å². The summed E-state index contributed by atoms with van der Waals surface area (Å²) in [6.07, 6.45) is 0.715. The number of aromatic amines is 1. The largest absolute Gasteiger partial charge is 0.351 e. The summed E-state index contributed by atoms with van der Waals surface area (Å²) in [4.78, 5) is 24.1. The standard InChI is InChI=1S/C19H19ClN4O2S/c20-16-9-5-4-8-15(16)12-21-17(25)13-27-19-23-22-18(26)24(19)11-10-14-6-2-1-3-7-14/h1-9H,10-13H2,(H,21,25)(H,22,26). The maximum Gasteiger partial charge on any atom is 0.343 e. The Balaban J connectivity index is 1.53. The number of nitrogens with zero attached hydrogens (tertiary/aromatic N) is 2. The first kappa shape index (κ1) is 19.3. The van der Waals surface area contributed by atoms with Gasteiger partial charge in [-0.2, -0.15) is 0 Å². The normalized spacial score (nSPS) is 10.7. The van der Waals surface area contributed by atoms with Crippen molar-refractivity contribution in [2.24, 2.45) is 0 Å². The fraction of sp³-hybridized carbons (Fsp3) is 0.211. The molecular weight excluding hydrogens is 384 g/mol. The van der Waals surface area contributed by atoms with Crippen LogP contribution in [0.1, 0.15) is 11.1 Å². The van der Waals surface area contributed by atoms with E-state index in [4.69, 9.17) is 11.6 Å². The SMILES string of the molecule is O=C(CSc1n[nH]c(=O)n1CCc1ccccc1)NCc1ccccc1Cl. The topological polar surface area (TPSA) is 79.8 Å². The third-order valence-electron chi connectivity index (χ3n) is 3.96. The molecule has 0 saturated heterocycles. The number of benzene rings is 2. The quantitative estimate of drug-likeness (QED) is 0.568. The molecule has 6 nitrogen and oxygen atoms in total. The van der Waals surface area contributed by atoms with E-state index < -0.39 is 0 Å². The van der Waals surface area contributed by atoms with E-state index in [1.807, 2.05) is 48.5 Å². The van der Waals surface area contributed by atoms with Crippen LogP contribution in [0.2, 0.25) is 5.02 Å². The van der Waals surface area contributed by atoms with Gasteiger partial charge in [0.25, 0.3) is 0 Å². The summed E-state index contributed by atoms with van der Waals surface area (Å²) < 4.78 is 1.55. The molecule has 1 aromatic heterocycles. The predicted molar refractivity (Wildman–Crippen MR) is 107 cm³/mol. The minimum Gasteiger partial charge on any atom is -0.351 e. The van der Waals surface area contributed by atoms with E-state index in [2.05, 4.69) is 15.5 Å². The van der Waals surface area contributed by atoms with Crippen LogP contribution < -0.4 is 11.0 Å². The number of aromatic nitrogens is 3. The maximum atomic E-state index is 12.1. The lowest BCUT2D eigenvalue weighted by atomic mass is 10.1. The highest BCUT2D eigenvalue weighted by Gasteiger charge is 2.12. The highest BCUT2D eigenvalue weighted by molar-refractivity contribution is 7.99. The summed E-state index contributed by atoms with van der Waals surface area (Å²) in [7, 11) is 0. The maximum absolute atomic E-state index is 12.1. The van der Waals surface area contributed by atoms with Gasteiger partial charge in [-0.1, -0.05) is 71.9 Å². The molecule has 2 N–H and O–H groups in total. The minimum absolute atomic E-state index is 0.148. The van der Waals surface area contributed by atoms with Crippen molar-refractivity contribution in [1.29, 1.82) is 0 Å². The zero-order valence-electron chi connectivity index (χ0n) is 14.5. The molecule has 0 atom stereocenters. The van der Waals surface area contributed by atoms with E-state index in [1.54, 1.807) is 10.6 Å². The molecule has 0 aliphatic rings. The summed E-state index contributed by atoms with van der Waals surface area (Å²) in [5.41, 5.74) is 1.72. The van der Waals surface area contributed by atoms with Crippen molar-refractivity contribution in [3.63, 3.8) is 0 Å². The van der Waals surface area contributed by atoms with Gasteiger partial charge in [-0.15, -0.1) is 5.10 Å². The van der Waals surface area contributed by atoms with Crippen molar-refractivity contribution in [3.8, 4) is 0 Å². The van der Waals surface area contributed by atoms with Crippen LogP contribution in [0.4, 0.5) is 0 Å². The number of amides is 1. The van der Waals surface area contributed by atoms with Crippen LogP contribution >= 0.6 is 23.4 Å². The number of hydrogen-bond donors (Lipinski definition) is 2. The summed E-state index contributed by atoms with van der Waals surface area (Å²) in [6.45, 7) is 0.864. The summed E-state index contributed by atoms with van der Waals surface area (Å²) in [6, 6.07) is 17.3. The molecular formula is C19H19ClN4O2S. The highest BCUT2D eigenvalue weighted by atomic mass is 35.5. The molecule has 0 unspecified atom stereocenters. The van der Waals surface area contributed by atoms with Gasteiger partial charge >= 0.3 is 5.69 Å². The Kier molecular flexibility index (Phi) is 6.73. The first-order chi connectivity index (χ1) is 13.1. The lowest BCUT2D eigenvalue weighted by Crippen LogP contribution is -2.25. The molecule has 2 aromatic carbocycles. The molecule has 0 aliphatic carbocycles. The van der Waals surface area contributed by atoms with Crippen molar-refractivity contribution in [2.45, 2.75) is 24.7 Å². The van der Waals surface area contributed by atoms with Crippen molar-refractivity contribution in [3.05, 3.63) is 81.2 Å². The summed E-state index contributed by atoms with van der Waals surface area (Å²) in [5.74, 6) is 0.0186. The van der Waals surface area contributed by atoms with Crippen LogP contribution in [0.25, 0.3) is 0 Å². The second-order valence-corrected chi connectivity index (χ2v) is 7.21. The fourth-order valence-corrected chi connectivity index (χ4v) is 3.52. The van der Waals surface area contributed by atoms with Crippen LogP contribution in [0, 0.1) is 0 Å². The van der Waals surface area contributed by atoms with E-state index in [0.717, 1.165) is 11.1 Å². The lowest BCUT2D eigenvalue weighted by molar-refractivity contribution is -0.118. The molecule has 27 heavy (non-hydrogen) atoms. The van der Waals surface area contributed by atoms with E-state index in [1.165, 1.54) is 11.8 Å². The predicted octanol–water partition coefficient (Wildman–Crippen LogP) is 2.88. The Bertz CT molecular complexity index is 956. The van der Waals surface area contributed by atoms with Gasteiger partial charge in [0, 0.05) is 18.1 Å². The monoisotopic (exact) mass is 402 g/mol. The number of aryl methyl sites for hydroxylation is 1. The van der Waals surface area contributed by atoms with Crippen LogP contribution in [-0.2, 0) is 24.3 Å². The molecule has 0 aliphatic heterocycles. The van der Waals surface area contributed by atoms with Gasteiger partial charge in [0.1, 0.15) is 0 Å². The molecule has 0 saturated carbocycles. The average molecular weight is 403 g/mol. The van der Waals surface area contributed by atoms with Gasteiger partial charge in [-0.05, 0) is 23.6 Å². The van der Waals surface area contributed by atoms with Crippen LogP contribution in [0.3, 0.4) is 0 Å². The number of carbonyl (C=O) groups is 1. The van der Waals surface area contributed by atoms with Gasteiger partial charge in [-0.3, -0.25) is 9.36 Å². The molecule has 0 fully saturated rings. The van der Waals surface area contributed by atoms with Crippen molar-refractivity contribution >= 4 is 29.3 Å². The molecule has 0 radical (unpaired) electrons. The van der Waals surface area contributed by atoms with E-state index >= 15 is 0 Å². The molecule has 1 amide bonds. The first-order valence-corrected chi connectivity index (χ1v) is 9.82. The zero-order valence-corrected chi connectivity index (χ0v) is 16.1. The van der Waals surface area contributed by atoms with Gasteiger partial charge in [0.15, 0.2) is 5.16 Å². The van der Waals surface area contributed by atoms with Crippen molar-refractivity contribution in [2.75, 3.05) is 5.75 Å². The number of carbonyl (C=O) groups excluding carboxylic acids is 1. The number of nitrogens with one attached hydrogen (secondary N) is 2. The third kappa shape index (κ3) is 5.48. The van der Waals surface area contributed by atoms with Gasteiger partial charge in [0.2, 0.25) is 5.91 Å². The fourth-order valence-electron chi connectivity index (χ4n) is 2.51. The van der Waals surface area contributed by atoms with Crippen LogP contribution in [0.15, 0.2) is 64.5 Å². The molecule has 0 bridgehead atoms. The Morgan fingerprint density at radius 3 is 2.67 bits per heavy atom. The Hall–Kier alpha value is -2.51. The van der Waals surface area contributed by atoms with Crippen LogP contribution in [0.5, 0.6) is 0 Å². The van der Waals surface area contributed by atoms with E-state index in [-0.39, 0.29) is 17.3 Å². The third-order valence-corrected chi connectivity index (χ3v) is 5.30. The number of rotatable bonds is 8. The zero-order chi connectivity index (χ0) is 19.1. The second-order valence-electron chi connectivity index (χ2n) is 5.86. The molecule has 140 valence electrons. The molecule has 8 heteroatoms. The first-order valence-electron chi connectivity index (χ1n) is 8.45. The van der Waals surface area contributed by atoms with Gasteiger partial charge < -0.3 is 5.32 Å². The molecule has 3 rings (SSSR count). The minimum atomic E-state index is -0.273. The average Bonchev–Trinajstić information content (AvgIpc) is 3.04. The summed E-state index contributed by atoms with van der Waals surface area (Å²) >= 11 is 7.31. The van der Waals surface area contributed by atoms with Gasteiger partial charge in [-0.25, -0.2) is 9.89 Å². The van der Waals surface area contributed by atoms with E-state index in [0.29, 0.717) is 29.7 Å². The number of halogens is 1. The number of thioether (sulfide) groups is 1. The Morgan fingerprint density at radius 1 is 1.15 bits per heavy atom. The number of H-pyrrole nitrogens is 1. The second kappa shape index (κ2) is 9.43. The van der Waals surface area contributed by atoms with Gasteiger partial charge in [0.05, 0.1) is 5.75 Å². The van der Waals surface area contributed by atoms with Crippen LogP contribution in [-0.4, -0.2) is 26.4 Å². The smallest absolute Gasteiger partial charge is 0.343 e. The Morgan fingerprint density at radius 2 is 1.89 bits per heavy atom. The van der Waals surface area contributed by atoms with Crippen molar-refractivity contribution < 1.29 is 4.79 Å². The number of hydrogen-bond acceptors (Lipinski definition) is 4. The van der Waals surface area contributed by atoms with Crippen molar-refractivity contribution in [1.82, 2.24) is 20.1 Å². The lowest BCUT2D eigenvalue weighted by Gasteiger charge is -2.08.